The maximum atomic E-state index is 13.4. The number of aryl methyl sites for hydroxylation is 1. The fourth-order valence-corrected chi connectivity index (χ4v) is 6.10. The highest BCUT2D eigenvalue weighted by Gasteiger charge is 2.67. The van der Waals surface area contributed by atoms with Crippen LogP contribution >= 0.6 is 0 Å². The molecule has 7 rings (SSSR count). The third-order valence-corrected chi connectivity index (χ3v) is 7.62. The van der Waals surface area contributed by atoms with E-state index in [-0.39, 0.29) is 48.1 Å². The van der Waals surface area contributed by atoms with Gasteiger partial charge in [0.1, 0.15) is 6.67 Å². The second-order valence-corrected chi connectivity index (χ2v) is 9.34. The molecule has 2 bridgehead atoms. The summed E-state index contributed by atoms with van der Waals surface area (Å²) < 4.78 is 0. The van der Waals surface area contributed by atoms with Crippen molar-refractivity contribution in [3.8, 4) is 0 Å². The van der Waals surface area contributed by atoms with Gasteiger partial charge >= 0.3 is 0 Å². The van der Waals surface area contributed by atoms with E-state index in [4.69, 9.17) is 0 Å². The fraction of sp³-hybridized carbons (Fsp3) is 0.346. The van der Waals surface area contributed by atoms with Crippen LogP contribution in [0.25, 0.3) is 0 Å². The monoisotopic (exact) mass is 412 g/mol. The minimum atomic E-state index is -0.252. The summed E-state index contributed by atoms with van der Waals surface area (Å²) in [6, 6.07) is 16.6. The van der Waals surface area contributed by atoms with E-state index in [0.29, 0.717) is 23.1 Å². The summed E-state index contributed by atoms with van der Waals surface area (Å²) in [5.41, 5.74) is 2.23. The van der Waals surface area contributed by atoms with Crippen molar-refractivity contribution in [2.75, 3.05) is 11.6 Å². The Kier molecular flexibility index (Phi) is 3.98. The second kappa shape index (κ2) is 6.64. The number of hydrogen-bond donors (Lipinski definition) is 0. The van der Waals surface area contributed by atoms with Gasteiger partial charge in [0.15, 0.2) is 0 Å². The molecule has 1 heterocycles. The number of carbonyl (C=O) groups excluding carboxylic acids is 3. The zero-order chi connectivity index (χ0) is 21.3. The number of carbonyl (C=O) groups is 3. The van der Waals surface area contributed by atoms with Crippen LogP contribution in [0, 0.1) is 42.4 Å². The molecular weight excluding hydrogens is 388 g/mol. The first kappa shape index (κ1) is 18.6. The van der Waals surface area contributed by atoms with Gasteiger partial charge in [0.05, 0.1) is 11.8 Å². The summed E-state index contributed by atoms with van der Waals surface area (Å²) in [5.74, 6) is 0.535. The molecule has 3 amide bonds. The minimum absolute atomic E-state index is 0.0450. The normalized spacial score (nSPS) is 32.1. The average molecular weight is 412 g/mol. The predicted octanol–water partition coefficient (Wildman–Crippen LogP) is 3.65. The Hall–Kier alpha value is -3.21. The highest BCUT2D eigenvalue weighted by atomic mass is 16.2. The molecule has 4 aliphatic carbocycles. The number of amides is 3. The van der Waals surface area contributed by atoms with E-state index in [1.165, 1.54) is 4.90 Å². The van der Waals surface area contributed by atoms with Crippen LogP contribution in [0.1, 0.15) is 22.3 Å². The number of allylic oxidation sites excluding steroid dienone is 2. The maximum absolute atomic E-state index is 13.4. The first-order chi connectivity index (χ1) is 15.0. The topological polar surface area (TPSA) is 57.7 Å². The molecule has 31 heavy (non-hydrogen) atoms. The smallest absolute Gasteiger partial charge is 0.259 e. The zero-order valence-corrected chi connectivity index (χ0v) is 17.3. The van der Waals surface area contributed by atoms with Gasteiger partial charge in [0.2, 0.25) is 11.8 Å². The fourth-order valence-electron chi connectivity index (χ4n) is 6.10. The molecule has 3 fully saturated rings. The van der Waals surface area contributed by atoms with E-state index in [1.54, 1.807) is 17.0 Å². The largest absolute Gasteiger partial charge is 0.290 e. The van der Waals surface area contributed by atoms with Crippen molar-refractivity contribution in [2.24, 2.45) is 35.5 Å². The Labute approximate surface area is 181 Å². The molecule has 5 heteroatoms. The van der Waals surface area contributed by atoms with Gasteiger partial charge in [-0.3, -0.25) is 24.2 Å². The average Bonchev–Trinajstić information content (AvgIpc) is 3.57. The summed E-state index contributed by atoms with van der Waals surface area (Å²) in [6.45, 7) is 1.92. The van der Waals surface area contributed by atoms with Crippen molar-refractivity contribution in [1.29, 1.82) is 0 Å². The zero-order valence-electron chi connectivity index (χ0n) is 17.3. The lowest BCUT2D eigenvalue weighted by atomic mass is 9.63. The summed E-state index contributed by atoms with van der Waals surface area (Å²) >= 11 is 0. The number of imide groups is 1. The Balaban J connectivity index is 1.35. The standard InChI is InChI=1S/C26H24N2O3/c1-15-6-5-9-17(12-15)27(24(29)16-7-3-2-4-8-16)14-28-25(30)22-18-10-11-19(21-13-20(18)21)23(22)26(28)31/h2-12,18-23H,13-14H2,1H3/t18-,19-,20-,21-,22-,23+/m0/s1. The Morgan fingerprint density at radius 3 is 2.19 bits per heavy atom. The highest BCUT2D eigenvalue weighted by Crippen LogP contribution is 2.65. The van der Waals surface area contributed by atoms with E-state index < -0.39 is 0 Å². The van der Waals surface area contributed by atoms with Gasteiger partial charge in [0.25, 0.3) is 5.91 Å². The number of hydrogen-bond acceptors (Lipinski definition) is 3. The van der Waals surface area contributed by atoms with Crippen molar-refractivity contribution < 1.29 is 14.4 Å². The van der Waals surface area contributed by atoms with E-state index in [1.807, 2.05) is 49.4 Å². The number of anilines is 1. The molecule has 0 radical (unpaired) electrons. The molecule has 5 nitrogen and oxygen atoms in total. The van der Waals surface area contributed by atoms with Crippen LogP contribution in [-0.2, 0) is 9.59 Å². The second-order valence-electron chi connectivity index (χ2n) is 9.34. The van der Waals surface area contributed by atoms with Crippen LogP contribution in [0.4, 0.5) is 5.69 Å². The SMILES string of the molecule is Cc1cccc(N(CN2C(=O)[C@@H]3[C@H]4C=C[C@@H]([C@@H]5C[C@@H]45)[C@@H]3C2=O)C(=O)c2ccccc2)c1. The van der Waals surface area contributed by atoms with Gasteiger partial charge in [-0.05, 0) is 66.8 Å². The molecule has 0 aromatic heterocycles. The number of benzene rings is 2. The third-order valence-electron chi connectivity index (χ3n) is 7.62. The van der Waals surface area contributed by atoms with E-state index in [0.717, 1.165) is 12.0 Å². The van der Waals surface area contributed by atoms with Crippen molar-refractivity contribution >= 4 is 23.4 Å². The Morgan fingerprint density at radius 1 is 0.935 bits per heavy atom. The lowest BCUT2D eigenvalue weighted by Gasteiger charge is -2.37. The van der Waals surface area contributed by atoms with Crippen LogP contribution < -0.4 is 4.90 Å². The van der Waals surface area contributed by atoms with Crippen LogP contribution in [0.2, 0.25) is 0 Å². The summed E-state index contributed by atoms with van der Waals surface area (Å²) in [5, 5.41) is 0. The van der Waals surface area contributed by atoms with Crippen molar-refractivity contribution in [2.45, 2.75) is 13.3 Å². The first-order valence-electron chi connectivity index (χ1n) is 11.0. The molecule has 6 atom stereocenters. The Bertz CT molecular complexity index is 1090. The van der Waals surface area contributed by atoms with E-state index in [2.05, 4.69) is 12.2 Å². The quantitative estimate of drug-likeness (QED) is 0.569. The number of rotatable bonds is 4. The minimum Gasteiger partial charge on any atom is -0.290 e. The van der Waals surface area contributed by atoms with Crippen molar-refractivity contribution in [3.05, 3.63) is 77.9 Å². The van der Waals surface area contributed by atoms with Gasteiger partial charge in [0, 0.05) is 11.3 Å². The predicted molar refractivity (Wildman–Crippen MR) is 116 cm³/mol. The van der Waals surface area contributed by atoms with Gasteiger partial charge in [-0.15, -0.1) is 0 Å². The van der Waals surface area contributed by atoms with Gasteiger partial charge < -0.3 is 0 Å². The number of nitrogens with zero attached hydrogens (tertiary/aromatic N) is 2. The van der Waals surface area contributed by atoms with Gasteiger partial charge in [-0.1, -0.05) is 42.5 Å². The van der Waals surface area contributed by atoms with Crippen LogP contribution in [0.15, 0.2) is 66.7 Å². The molecule has 0 spiro atoms. The van der Waals surface area contributed by atoms with E-state index >= 15 is 0 Å². The Morgan fingerprint density at radius 2 is 1.58 bits per heavy atom. The summed E-state index contributed by atoms with van der Waals surface area (Å²) in [4.78, 5) is 43.2. The van der Waals surface area contributed by atoms with E-state index in [9.17, 15) is 14.4 Å². The van der Waals surface area contributed by atoms with Crippen molar-refractivity contribution in [3.63, 3.8) is 0 Å². The molecule has 1 saturated heterocycles. The molecule has 5 aliphatic rings. The molecular formula is C26H24N2O3. The molecule has 0 unspecified atom stereocenters. The van der Waals surface area contributed by atoms with Gasteiger partial charge in [-0.25, -0.2) is 0 Å². The highest BCUT2D eigenvalue weighted by molar-refractivity contribution is 6.09. The third kappa shape index (κ3) is 2.72. The van der Waals surface area contributed by atoms with Crippen LogP contribution in [0.3, 0.4) is 0 Å². The summed E-state index contributed by atoms with van der Waals surface area (Å²) in [7, 11) is 0. The number of likely N-dealkylation sites (tertiary alicyclic amines) is 1. The van der Waals surface area contributed by atoms with Gasteiger partial charge in [-0.2, -0.15) is 0 Å². The lowest BCUT2D eigenvalue weighted by Crippen LogP contribution is -2.45. The van der Waals surface area contributed by atoms with Crippen LogP contribution in [-0.4, -0.2) is 29.3 Å². The molecule has 1 aliphatic heterocycles. The summed E-state index contributed by atoms with van der Waals surface area (Å²) in [6.07, 6.45) is 5.47. The molecule has 2 saturated carbocycles. The maximum Gasteiger partial charge on any atom is 0.259 e. The first-order valence-corrected chi connectivity index (χ1v) is 11.0. The molecule has 2 aromatic rings. The van der Waals surface area contributed by atoms with Crippen molar-refractivity contribution in [1.82, 2.24) is 4.90 Å². The molecule has 156 valence electrons. The molecule has 2 aromatic carbocycles. The van der Waals surface area contributed by atoms with Crippen LogP contribution in [0.5, 0.6) is 0 Å². The lowest BCUT2D eigenvalue weighted by molar-refractivity contribution is -0.140. The molecule has 0 N–H and O–H groups in total.